The number of ether oxygens (including phenoxy) is 3. The van der Waals surface area contributed by atoms with Crippen molar-refractivity contribution in [2.24, 2.45) is 0 Å². The molecule has 0 atom stereocenters. The fourth-order valence-electron chi connectivity index (χ4n) is 2.60. The van der Waals surface area contributed by atoms with Crippen LogP contribution in [0.2, 0.25) is 0 Å². The van der Waals surface area contributed by atoms with Crippen LogP contribution in [0.15, 0.2) is 47.6 Å². The lowest BCUT2D eigenvalue weighted by molar-refractivity contribution is -0.120. The van der Waals surface area contributed by atoms with E-state index >= 15 is 0 Å². The Kier molecular flexibility index (Phi) is 7.14. The minimum Gasteiger partial charge on any atom is -0.497 e. The maximum absolute atomic E-state index is 10.8. The Morgan fingerprint density at radius 2 is 2.03 bits per heavy atom. The van der Waals surface area contributed by atoms with E-state index in [1.54, 1.807) is 27.3 Å². The SMILES string of the molecule is CNc1ccc(SN(Cc2ccc(OC)cc2OC)c2ncns2)cc1OC=O. The number of hydrogen-bond donors (Lipinski definition) is 1. The van der Waals surface area contributed by atoms with E-state index in [2.05, 4.69) is 14.7 Å². The molecule has 0 aliphatic carbocycles. The molecule has 0 fully saturated rings. The lowest BCUT2D eigenvalue weighted by Crippen LogP contribution is -2.14. The zero-order chi connectivity index (χ0) is 20.6. The van der Waals surface area contributed by atoms with Crippen LogP contribution >= 0.6 is 23.5 Å². The van der Waals surface area contributed by atoms with Gasteiger partial charge in [-0.1, -0.05) is 0 Å². The third-order valence-electron chi connectivity index (χ3n) is 3.98. The van der Waals surface area contributed by atoms with Gasteiger partial charge in [0.05, 0.1) is 26.5 Å². The second-order valence-corrected chi connectivity index (χ2v) is 7.50. The van der Waals surface area contributed by atoms with Crippen LogP contribution in [-0.4, -0.2) is 37.1 Å². The maximum Gasteiger partial charge on any atom is 0.298 e. The van der Waals surface area contributed by atoms with Gasteiger partial charge in [0.2, 0.25) is 5.13 Å². The van der Waals surface area contributed by atoms with Crippen molar-refractivity contribution in [2.75, 3.05) is 30.9 Å². The van der Waals surface area contributed by atoms with Crippen molar-refractivity contribution in [3.63, 3.8) is 0 Å². The molecule has 2 aromatic carbocycles. The third kappa shape index (κ3) is 5.09. The van der Waals surface area contributed by atoms with E-state index in [-0.39, 0.29) is 0 Å². The minimum atomic E-state index is 0.412. The second-order valence-electron chi connectivity index (χ2n) is 5.65. The van der Waals surface area contributed by atoms with Crippen LogP contribution in [0.25, 0.3) is 0 Å². The molecule has 0 radical (unpaired) electrons. The van der Waals surface area contributed by atoms with Crippen molar-refractivity contribution in [3.05, 3.63) is 48.3 Å². The van der Waals surface area contributed by atoms with Crippen LogP contribution in [0.3, 0.4) is 0 Å². The average molecular weight is 433 g/mol. The number of methoxy groups -OCH3 is 2. The highest BCUT2D eigenvalue weighted by Crippen LogP contribution is 2.37. The van der Waals surface area contributed by atoms with E-state index < -0.39 is 0 Å². The first-order chi connectivity index (χ1) is 14.2. The lowest BCUT2D eigenvalue weighted by Gasteiger charge is -2.22. The zero-order valence-corrected chi connectivity index (χ0v) is 17.8. The summed E-state index contributed by atoms with van der Waals surface area (Å²) in [4.78, 5) is 16.0. The van der Waals surface area contributed by atoms with Gasteiger partial charge >= 0.3 is 0 Å². The topological polar surface area (TPSA) is 85.8 Å². The highest BCUT2D eigenvalue weighted by Gasteiger charge is 2.17. The summed E-state index contributed by atoms with van der Waals surface area (Å²) >= 11 is 2.75. The Balaban J connectivity index is 1.90. The van der Waals surface area contributed by atoms with Gasteiger partial charge in [0, 0.05) is 35.1 Å². The number of hydrogen-bond acceptors (Lipinski definition) is 10. The summed E-state index contributed by atoms with van der Waals surface area (Å²) < 4.78 is 22.0. The normalized spacial score (nSPS) is 10.3. The summed E-state index contributed by atoms with van der Waals surface area (Å²) in [6.45, 7) is 0.931. The van der Waals surface area contributed by atoms with Crippen LogP contribution < -0.4 is 23.8 Å². The van der Waals surface area contributed by atoms with E-state index in [9.17, 15) is 4.79 Å². The van der Waals surface area contributed by atoms with Gasteiger partial charge in [-0.15, -0.1) is 0 Å². The molecule has 1 heterocycles. The molecule has 0 saturated heterocycles. The molecule has 1 aromatic heterocycles. The molecule has 3 rings (SSSR count). The molecule has 0 amide bonds. The monoisotopic (exact) mass is 432 g/mol. The highest BCUT2D eigenvalue weighted by atomic mass is 32.2. The molecule has 0 saturated carbocycles. The lowest BCUT2D eigenvalue weighted by atomic mass is 10.2. The minimum absolute atomic E-state index is 0.412. The Labute approximate surface area is 177 Å². The Morgan fingerprint density at radius 3 is 2.69 bits per heavy atom. The molecule has 152 valence electrons. The summed E-state index contributed by atoms with van der Waals surface area (Å²) in [6.07, 6.45) is 1.52. The van der Waals surface area contributed by atoms with Crippen LogP contribution in [0.4, 0.5) is 10.8 Å². The molecule has 29 heavy (non-hydrogen) atoms. The Hall–Kier alpha value is -2.98. The third-order valence-corrected chi connectivity index (χ3v) is 5.78. The molecule has 0 spiro atoms. The van der Waals surface area contributed by atoms with Crippen molar-refractivity contribution < 1.29 is 19.0 Å². The number of benzene rings is 2. The predicted octanol–water partition coefficient (Wildman–Crippen LogP) is 3.85. The molecule has 0 aliphatic rings. The molecule has 0 bridgehead atoms. The summed E-state index contributed by atoms with van der Waals surface area (Å²) in [6, 6.07) is 11.3. The first-order valence-electron chi connectivity index (χ1n) is 8.53. The van der Waals surface area contributed by atoms with E-state index in [0.717, 1.165) is 32.8 Å². The number of carbonyl (C=O) groups excluding carboxylic acids is 1. The number of aromatic nitrogens is 2. The van der Waals surface area contributed by atoms with Gasteiger partial charge in [-0.2, -0.15) is 4.37 Å². The number of carbonyl (C=O) groups is 1. The van der Waals surface area contributed by atoms with Gasteiger partial charge < -0.3 is 19.5 Å². The quantitative estimate of drug-likeness (QED) is 0.379. The number of nitrogens with zero attached hydrogens (tertiary/aromatic N) is 3. The summed E-state index contributed by atoms with van der Waals surface area (Å²) in [5.41, 5.74) is 1.69. The van der Waals surface area contributed by atoms with Crippen molar-refractivity contribution >= 4 is 40.8 Å². The predicted molar refractivity (Wildman–Crippen MR) is 114 cm³/mol. The highest BCUT2D eigenvalue weighted by molar-refractivity contribution is 8.00. The average Bonchev–Trinajstić information content (AvgIpc) is 3.29. The number of rotatable bonds is 10. The Bertz CT molecular complexity index is 953. The molecule has 8 nitrogen and oxygen atoms in total. The first-order valence-corrected chi connectivity index (χ1v) is 10.1. The summed E-state index contributed by atoms with van der Waals surface area (Å²) in [5.74, 6) is 1.89. The van der Waals surface area contributed by atoms with Crippen molar-refractivity contribution in [1.29, 1.82) is 0 Å². The molecule has 0 unspecified atom stereocenters. The van der Waals surface area contributed by atoms with E-state index in [1.807, 2.05) is 34.6 Å². The van der Waals surface area contributed by atoms with Crippen LogP contribution in [0, 0.1) is 0 Å². The summed E-state index contributed by atoms with van der Waals surface area (Å²) in [5, 5.41) is 3.74. The fraction of sp³-hybridized carbons (Fsp3) is 0.211. The van der Waals surface area contributed by atoms with Crippen LogP contribution in [-0.2, 0) is 11.3 Å². The van der Waals surface area contributed by atoms with E-state index in [1.165, 1.54) is 29.8 Å². The molecular formula is C19H20N4O4S2. The molecule has 10 heteroatoms. The standard InChI is InChI=1S/C19H20N4O4S2/c1-20-16-7-6-15(9-18(16)27-12-24)29-23(19-21-11-22-28-19)10-13-4-5-14(25-2)8-17(13)26-3/h4-9,11-12,20H,10H2,1-3H3. The van der Waals surface area contributed by atoms with Gasteiger partial charge in [-0.3, -0.25) is 9.10 Å². The van der Waals surface area contributed by atoms with E-state index in [4.69, 9.17) is 14.2 Å². The maximum atomic E-state index is 10.8. The van der Waals surface area contributed by atoms with Gasteiger partial charge in [-0.25, -0.2) is 4.98 Å². The van der Waals surface area contributed by atoms with Crippen molar-refractivity contribution in [2.45, 2.75) is 11.4 Å². The van der Waals surface area contributed by atoms with Crippen LogP contribution in [0.1, 0.15) is 5.56 Å². The van der Waals surface area contributed by atoms with E-state index in [0.29, 0.717) is 18.8 Å². The van der Waals surface area contributed by atoms with Gasteiger partial charge in [-0.05, 0) is 42.3 Å². The molecule has 1 N–H and O–H groups in total. The smallest absolute Gasteiger partial charge is 0.298 e. The van der Waals surface area contributed by atoms with Gasteiger partial charge in [0.15, 0.2) is 5.75 Å². The largest absolute Gasteiger partial charge is 0.497 e. The fourth-order valence-corrected chi connectivity index (χ4v) is 4.12. The zero-order valence-electron chi connectivity index (χ0n) is 16.1. The number of nitrogens with one attached hydrogen (secondary N) is 1. The van der Waals surface area contributed by atoms with Crippen molar-refractivity contribution in [1.82, 2.24) is 9.36 Å². The molecule has 3 aromatic rings. The second kappa shape index (κ2) is 9.99. The van der Waals surface area contributed by atoms with Crippen LogP contribution in [0.5, 0.6) is 17.2 Å². The van der Waals surface area contributed by atoms with Crippen molar-refractivity contribution in [3.8, 4) is 17.2 Å². The first kappa shape index (κ1) is 20.7. The van der Waals surface area contributed by atoms with Gasteiger partial charge in [0.1, 0.15) is 17.8 Å². The Morgan fingerprint density at radius 1 is 1.17 bits per heavy atom. The molecule has 0 aliphatic heterocycles. The molecular weight excluding hydrogens is 412 g/mol. The number of anilines is 2. The van der Waals surface area contributed by atoms with Gasteiger partial charge in [0.25, 0.3) is 6.47 Å². The summed E-state index contributed by atoms with van der Waals surface area (Å²) in [7, 11) is 5.01.